The summed E-state index contributed by atoms with van der Waals surface area (Å²) >= 11 is 0. The van der Waals surface area contributed by atoms with Gasteiger partial charge in [0.05, 0.1) is 24.4 Å². The lowest BCUT2D eigenvalue weighted by Crippen LogP contribution is -2.74. The van der Waals surface area contributed by atoms with E-state index in [1.165, 1.54) is 9.80 Å². The number of fused-ring (bicyclic) bond motifs is 5. The Kier molecular flexibility index (Phi) is 5.38. The van der Waals surface area contributed by atoms with Crippen LogP contribution in [0.25, 0.3) is 16.6 Å². The molecule has 8 nitrogen and oxygen atoms in total. The van der Waals surface area contributed by atoms with Crippen molar-refractivity contribution in [3.05, 3.63) is 46.7 Å². The Bertz CT molecular complexity index is 1310. The second-order valence-electron chi connectivity index (χ2n) is 10.3. The summed E-state index contributed by atoms with van der Waals surface area (Å²) in [7, 11) is 1.59. The molecule has 4 atom stereocenters. The zero-order valence-electron chi connectivity index (χ0n) is 21.1. The summed E-state index contributed by atoms with van der Waals surface area (Å²) in [4.78, 5) is 30.3. The summed E-state index contributed by atoms with van der Waals surface area (Å²) in [6.45, 7) is 10.2. The largest absolute Gasteiger partial charge is 0.497 e. The highest BCUT2D eigenvalue weighted by atomic mass is 16.5. The number of nitrogens with zero attached hydrogens (tertiary/aromatic N) is 3. The molecule has 0 spiro atoms. The normalized spacial score (nSPS) is 27.5. The third kappa shape index (κ3) is 3.06. The van der Waals surface area contributed by atoms with E-state index in [0.29, 0.717) is 41.8 Å². The van der Waals surface area contributed by atoms with E-state index in [4.69, 9.17) is 4.74 Å². The van der Waals surface area contributed by atoms with Crippen molar-refractivity contribution in [2.75, 3.05) is 13.7 Å². The van der Waals surface area contributed by atoms with E-state index in [9.17, 15) is 19.8 Å². The molecule has 2 saturated heterocycles. The summed E-state index contributed by atoms with van der Waals surface area (Å²) in [5, 5.41) is 24.4. The van der Waals surface area contributed by atoms with Gasteiger partial charge in [0.25, 0.3) is 11.6 Å². The summed E-state index contributed by atoms with van der Waals surface area (Å²) in [5.74, 6) is -0.299. The lowest BCUT2D eigenvalue weighted by molar-refractivity contribution is -0.229. The molecule has 2 aromatic rings. The van der Waals surface area contributed by atoms with Gasteiger partial charge in [0.1, 0.15) is 17.9 Å². The predicted octanol–water partition coefficient (Wildman–Crippen LogP) is 3.50. The highest BCUT2D eigenvalue weighted by Crippen LogP contribution is 2.53. The van der Waals surface area contributed by atoms with Crippen LogP contribution >= 0.6 is 0 Å². The number of amides is 2. The summed E-state index contributed by atoms with van der Waals surface area (Å²) in [6.07, 6.45) is 1.53. The van der Waals surface area contributed by atoms with E-state index in [0.717, 1.165) is 22.4 Å². The van der Waals surface area contributed by atoms with E-state index in [2.05, 4.69) is 0 Å². The number of aromatic nitrogens is 1. The van der Waals surface area contributed by atoms with Gasteiger partial charge in [-0.2, -0.15) is 0 Å². The van der Waals surface area contributed by atoms with E-state index < -0.39 is 29.8 Å². The van der Waals surface area contributed by atoms with Crippen molar-refractivity contribution < 1.29 is 24.5 Å². The highest BCUT2D eigenvalue weighted by molar-refractivity contribution is 6.02. The van der Waals surface area contributed by atoms with Crippen LogP contribution in [0, 0.1) is 0 Å². The molecule has 3 aliphatic heterocycles. The first-order valence-corrected chi connectivity index (χ1v) is 12.1. The number of hydrogen-bond acceptors (Lipinski definition) is 5. The topological polar surface area (TPSA) is 95.2 Å². The second kappa shape index (κ2) is 7.96. The van der Waals surface area contributed by atoms with Crippen molar-refractivity contribution in [3.8, 4) is 5.75 Å². The monoisotopic (exact) mass is 479 g/mol. The molecule has 0 radical (unpaired) electrons. The van der Waals surface area contributed by atoms with Crippen LogP contribution in [0.15, 0.2) is 35.4 Å². The number of ether oxygens (including phenoxy) is 1. The van der Waals surface area contributed by atoms with E-state index in [-0.39, 0.29) is 5.91 Å². The number of aliphatic hydroxyl groups excluding tert-OH is 1. The van der Waals surface area contributed by atoms with Crippen molar-refractivity contribution in [1.82, 2.24) is 14.4 Å². The van der Waals surface area contributed by atoms with Crippen molar-refractivity contribution in [1.29, 1.82) is 0 Å². The molecule has 1 aromatic carbocycles. The molecule has 8 heteroatoms. The highest BCUT2D eigenvalue weighted by Gasteiger charge is 2.65. The predicted molar refractivity (Wildman–Crippen MR) is 132 cm³/mol. The number of benzene rings is 1. The van der Waals surface area contributed by atoms with E-state index >= 15 is 0 Å². The van der Waals surface area contributed by atoms with Crippen molar-refractivity contribution in [3.63, 3.8) is 0 Å². The Balaban J connectivity index is 1.92. The van der Waals surface area contributed by atoms with Crippen molar-refractivity contribution in [2.24, 2.45) is 0 Å². The average Bonchev–Trinajstić information content (AvgIpc) is 3.43. The van der Waals surface area contributed by atoms with Crippen LogP contribution in [0.5, 0.6) is 5.75 Å². The van der Waals surface area contributed by atoms with Gasteiger partial charge in [0, 0.05) is 29.3 Å². The van der Waals surface area contributed by atoms with Gasteiger partial charge in [-0.05, 0) is 59.6 Å². The van der Waals surface area contributed by atoms with Gasteiger partial charge in [-0.3, -0.25) is 14.5 Å². The fraction of sp³-hybridized carbons (Fsp3) is 0.481. The molecule has 0 bridgehead atoms. The fourth-order valence-corrected chi connectivity index (χ4v) is 5.90. The van der Waals surface area contributed by atoms with Gasteiger partial charge in [-0.25, -0.2) is 0 Å². The first-order chi connectivity index (χ1) is 16.5. The Morgan fingerprint density at radius 3 is 2.51 bits per heavy atom. The molecule has 1 aromatic heterocycles. The molecule has 2 amide bonds. The Morgan fingerprint density at radius 2 is 1.89 bits per heavy atom. The molecule has 5 rings (SSSR count). The lowest BCUT2D eigenvalue weighted by Gasteiger charge is -2.54. The van der Waals surface area contributed by atoms with Crippen LogP contribution in [0.4, 0.5) is 0 Å². The van der Waals surface area contributed by atoms with E-state index in [1.54, 1.807) is 13.2 Å². The van der Waals surface area contributed by atoms with Gasteiger partial charge >= 0.3 is 0 Å². The minimum atomic E-state index is -2.39. The third-order valence-corrected chi connectivity index (χ3v) is 7.73. The lowest BCUT2D eigenvalue weighted by atomic mass is 9.82. The molecule has 4 unspecified atom stereocenters. The molecular formula is C27H33N3O5. The van der Waals surface area contributed by atoms with Crippen molar-refractivity contribution >= 4 is 28.4 Å². The zero-order valence-corrected chi connectivity index (χ0v) is 21.1. The molecule has 35 heavy (non-hydrogen) atoms. The number of carbonyl (C=O) groups is 2. The van der Waals surface area contributed by atoms with Crippen LogP contribution < -0.4 is 4.74 Å². The first-order valence-electron chi connectivity index (χ1n) is 12.1. The maximum absolute atomic E-state index is 13.9. The van der Waals surface area contributed by atoms with Crippen LogP contribution in [-0.2, 0) is 9.59 Å². The smallest absolute Gasteiger partial charge is 0.279 e. The van der Waals surface area contributed by atoms with Gasteiger partial charge in [-0.15, -0.1) is 0 Å². The molecule has 4 heterocycles. The van der Waals surface area contributed by atoms with Gasteiger partial charge < -0.3 is 24.4 Å². The van der Waals surface area contributed by atoms with Crippen LogP contribution in [0.2, 0.25) is 0 Å². The number of aliphatic hydroxyl groups is 2. The van der Waals surface area contributed by atoms with Gasteiger partial charge in [-0.1, -0.05) is 17.2 Å². The van der Waals surface area contributed by atoms with Crippen molar-refractivity contribution in [2.45, 2.75) is 71.4 Å². The third-order valence-electron chi connectivity index (χ3n) is 7.73. The molecular weight excluding hydrogens is 446 g/mol. The molecule has 3 aliphatic rings. The number of carbonyl (C=O) groups excluding carboxylic acids is 2. The van der Waals surface area contributed by atoms with Crippen LogP contribution in [0.1, 0.15) is 70.9 Å². The number of hydrogen-bond donors (Lipinski definition) is 2. The summed E-state index contributed by atoms with van der Waals surface area (Å²) in [6, 6.07) is 4.17. The quantitative estimate of drug-likeness (QED) is 0.657. The van der Waals surface area contributed by atoms with Gasteiger partial charge in [0.15, 0.2) is 0 Å². The molecule has 0 saturated carbocycles. The second-order valence-corrected chi connectivity index (χ2v) is 10.3. The molecule has 2 fully saturated rings. The van der Waals surface area contributed by atoms with Crippen LogP contribution in [-0.4, -0.2) is 61.8 Å². The Labute approximate surface area is 205 Å². The van der Waals surface area contributed by atoms with Gasteiger partial charge in [0.2, 0.25) is 5.91 Å². The number of rotatable bonds is 3. The number of piperazine rings is 1. The molecule has 0 aliphatic carbocycles. The molecule has 2 N–H and O–H groups in total. The Morgan fingerprint density at radius 1 is 1.17 bits per heavy atom. The minimum absolute atomic E-state index is 0.332. The van der Waals surface area contributed by atoms with E-state index in [1.807, 2.05) is 57.4 Å². The summed E-state index contributed by atoms with van der Waals surface area (Å²) in [5.41, 5.74) is 2.45. The van der Waals surface area contributed by atoms with Crippen LogP contribution in [0.3, 0.4) is 0 Å². The zero-order chi connectivity index (χ0) is 25.4. The number of methoxy groups -OCH3 is 1. The first kappa shape index (κ1) is 23.6. The Hall–Kier alpha value is -3.10. The maximum Gasteiger partial charge on any atom is 0.279 e. The molecule has 186 valence electrons. The average molecular weight is 480 g/mol. The minimum Gasteiger partial charge on any atom is -0.497 e. The fourth-order valence-electron chi connectivity index (χ4n) is 5.90. The SMILES string of the molecule is COc1ccc2c3c(n(C(C)=C(C)C)c2c1)C(C=C(C)C)N1C(=O)C2CCCN2C(=O)C1(O)C3O. The number of allylic oxidation sites excluding steroid dienone is 3. The maximum atomic E-state index is 13.9. The standard InChI is InChI=1S/C27H33N3O5/c1-14(2)12-21-23-22(18-10-9-17(35-6)13-20(18)29(23)16(5)15(3)4)24(31)27(34)26(33)28-11-7-8-19(28)25(32)30(21)27/h9-10,12-13,19,21,24,31,34H,7-8,11H2,1-6H3. The summed E-state index contributed by atoms with van der Waals surface area (Å²) < 4.78 is 7.52.